The summed E-state index contributed by atoms with van der Waals surface area (Å²) < 4.78 is 1.54. The second kappa shape index (κ2) is 6.93. The number of anilines is 2. The van der Waals surface area contributed by atoms with E-state index >= 15 is 0 Å². The molecular weight excluding hydrogens is 278 g/mol. The van der Waals surface area contributed by atoms with E-state index < -0.39 is 6.04 Å². The predicted molar refractivity (Wildman–Crippen MR) is 88.9 cm³/mol. The minimum absolute atomic E-state index is 0.172. The number of nitrogens with zero attached hydrogens (tertiary/aromatic N) is 1. The number of para-hydroxylation sites is 2. The number of aryl methyl sites for hydroxylation is 1. The first kappa shape index (κ1) is 15.8. The standard InChI is InChI=1S/C17H21N3O2/c1-3-7-15(20-12(2)8-6-11-16(20)21)17(22)19-14-10-5-4-9-13(14)18/h4-6,8-11,15H,3,7,18H2,1-2H3,(H,19,22). The van der Waals surface area contributed by atoms with Gasteiger partial charge in [0, 0.05) is 11.8 Å². The van der Waals surface area contributed by atoms with Crippen LogP contribution >= 0.6 is 0 Å². The number of amides is 1. The Hall–Kier alpha value is -2.56. The number of rotatable bonds is 5. The topological polar surface area (TPSA) is 77.1 Å². The van der Waals surface area contributed by atoms with Crippen LogP contribution in [0.1, 0.15) is 31.5 Å². The minimum Gasteiger partial charge on any atom is -0.397 e. The maximum Gasteiger partial charge on any atom is 0.251 e. The molecule has 0 bridgehead atoms. The van der Waals surface area contributed by atoms with E-state index in [1.807, 2.05) is 19.9 Å². The Bertz CT molecular complexity index is 722. The molecule has 0 radical (unpaired) electrons. The van der Waals surface area contributed by atoms with Crippen molar-refractivity contribution in [2.75, 3.05) is 11.1 Å². The highest BCUT2D eigenvalue weighted by atomic mass is 16.2. The van der Waals surface area contributed by atoms with Crippen LogP contribution in [0.2, 0.25) is 0 Å². The van der Waals surface area contributed by atoms with Crippen LogP contribution in [0.25, 0.3) is 0 Å². The Kier molecular flexibility index (Phi) is 4.99. The Morgan fingerprint density at radius 2 is 1.95 bits per heavy atom. The van der Waals surface area contributed by atoms with Crippen LogP contribution in [0.15, 0.2) is 47.3 Å². The summed E-state index contributed by atoms with van der Waals surface area (Å²) in [6.07, 6.45) is 1.38. The molecule has 5 heteroatoms. The lowest BCUT2D eigenvalue weighted by Crippen LogP contribution is -2.34. The van der Waals surface area contributed by atoms with Gasteiger partial charge in [0.15, 0.2) is 0 Å². The SMILES string of the molecule is CCCC(C(=O)Nc1ccccc1N)n1c(C)cccc1=O. The number of aromatic nitrogens is 1. The first-order valence-electron chi connectivity index (χ1n) is 7.38. The first-order valence-corrected chi connectivity index (χ1v) is 7.38. The van der Waals surface area contributed by atoms with E-state index in [2.05, 4.69) is 5.32 Å². The highest BCUT2D eigenvalue weighted by Crippen LogP contribution is 2.21. The molecule has 1 aromatic carbocycles. The third-order valence-corrected chi connectivity index (χ3v) is 3.59. The van der Waals surface area contributed by atoms with Gasteiger partial charge in [0.2, 0.25) is 5.91 Å². The summed E-state index contributed by atoms with van der Waals surface area (Å²) in [6, 6.07) is 11.5. The number of nitrogen functional groups attached to an aromatic ring is 1. The third kappa shape index (κ3) is 3.36. The highest BCUT2D eigenvalue weighted by molar-refractivity contribution is 5.96. The van der Waals surface area contributed by atoms with Gasteiger partial charge in [0.05, 0.1) is 11.4 Å². The van der Waals surface area contributed by atoms with Crippen molar-refractivity contribution in [3.8, 4) is 0 Å². The molecule has 2 aromatic rings. The lowest BCUT2D eigenvalue weighted by molar-refractivity contribution is -0.119. The lowest BCUT2D eigenvalue weighted by atomic mass is 10.1. The summed E-state index contributed by atoms with van der Waals surface area (Å²) in [5.74, 6) is -0.226. The van der Waals surface area contributed by atoms with E-state index in [0.717, 1.165) is 12.1 Å². The molecule has 0 fully saturated rings. The fraction of sp³-hybridized carbons (Fsp3) is 0.294. The zero-order chi connectivity index (χ0) is 16.1. The van der Waals surface area contributed by atoms with Crippen LogP contribution < -0.4 is 16.6 Å². The lowest BCUT2D eigenvalue weighted by Gasteiger charge is -2.21. The molecule has 0 saturated carbocycles. The van der Waals surface area contributed by atoms with Gasteiger partial charge in [-0.2, -0.15) is 0 Å². The average Bonchev–Trinajstić information content (AvgIpc) is 2.48. The number of pyridine rings is 1. The van der Waals surface area contributed by atoms with Gasteiger partial charge in [-0.3, -0.25) is 9.59 Å². The van der Waals surface area contributed by atoms with E-state index in [1.165, 1.54) is 10.6 Å². The van der Waals surface area contributed by atoms with Gasteiger partial charge in [-0.15, -0.1) is 0 Å². The van der Waals surface area contributed by atoms with Crippen molar-refractivity contribution in [3.05, 3.63) is 58.5 Å². The molecule has 22 heavy (non-hydrogen) atoms. The van der Waals surface area contributed by atoms with Crippen molar-refractivity contribution in [2.45, 2.75) is 32.7 Å². The van der Waals surface area contributed by atoms with Gasteiger partial charge in [-0.1, -0.05) is 31.5 Å². The molecule has 1 atom stereocenters. The molecule has 3 N–H and O–H groups in total. The minimum atomic E-state index is -0.543. The van der Waals surface area contributed by atoms with Gasteiger partial charge >= 0.3 is 0 Å². The van der Waals surface area contributed by atoms with E-state index in [4.69, 9.17) is 5.73 Å². The van der Waals surface area contributed by atoms with Crippen LogP contribution in [-0.4, -0.2) is 10.5 Å². The largest absolute Gasteiger partial charge is 0.397 e. The number of nitrogens with one attached hydrogen (secondary N) is 1. The Balaban J connectivity index is 2.34. The van der Waals surface area contributed by atoms with E-state index in [-0.39, 0.29) is 11.5 Å². The van der Waals surface area contributed by atoms with Crippen molar-refractivity contribution in [3.63, 3.8) is 0 Å². The Morgan fingerprint density at radius 3 is 2.59 bits per heavy atom. The third-order valence-electron chi connectivity index (χ3n) is 3.59. The highest BCUT2D eigenvalue weighted by Gasteiger charge is 2.22. The van der Waals surface area contributed by atoms with Gasteiger partial charge in [-0.25, -0.2) is 0 Å². The summed E-state index contributed by atoms with van der Waals surface area (Å²) >= 11 is 0. The van der Waals surface area contributed by atoms with Crippen molar-refractivity contribution in [1.82, 2.24) is 4.57 Å². The van der Waals surface area contributed by atoms with Crippen molar-refractivity contribution >= 4 is 17.3 Å². The van der Waals surface area contributed by atoms with E-state index in [0.29, 0.717) is 17.8 Å². The number of hydrogen-bond acceptors (Lipinski definition) is 3. The average molecular weight is 299 g/mol. The fourth-order valence-electron chi connectivity index (χ4n) is 2.48. The summed E-state index contributed by atoms with van der Waals surface area (Å²) in [5.41, 5.74) is 7.52. The molecule has 1 unspecified atom stereocenters. The molecule has 116 valence electrons. The van der Waals surface area contributed by atoms with Crippen LogP contribution in [0.4, 0.5) is 11.4 Å². The van der Waals surface area contributed by atoms with E-state index in [1.54, 1.807) is 30.3 Å². The molecule has 0 saturated heterocycles. The van der Waals surface area contributed by atoms with Crippen molar-refractivity contribution < 1.29 is 4.79 Å². The predicted octanol–water partition coefficient (Wildman–Crippen LogP) is 2.72. The van der Waals surface area contributed by atoms with Gasteiger partial charge < -0.3 is 15.6 Å². The quantitative estimate of drug-likeness (QED) is 0.833. The molecule has 5 nitrogen and oxygen atoms in total. The molecule has 1 heterocycles. The zero-order valence-electron chi connectivity index (χ0n) is 12.9. The molecule has 1 amide bonds. The maximum atomic E-state index is 12.6. The van der Waals surface area contributed by atoms with Crippen molar-refractivity contribution in [1.29, 1.82) is 0 Å². The Morgan fingerprint density at radius 1 is 1.23 bits per heavy atom. The molecule has 0 spiro atoms. The number of benzene rings is 1. The maximum absolute atomic E-state index is 12.6. The van der Waals surface area contributed by atoms with Crippen LogP contribution in [0.5, 0.6) is 0 Å². The molecule has 0 aliphatic carbocycles. The van der Waals surface area contributed by atoms with Crippen LogP contribution in [0, 0.1) is 6.92 Å². The number of hydrogen-bond donors (Lipinski definition) is 2. The Labute approximate surface area is 129 Å². The van der Waals surface area contributed by atoms with Gasteiger partial charge in [0.1, 0.15) is 6.04 Å². The smallest absolute Gasteiger partial charge is 0.251 e. The number of carbonyl (C=O) groups is 1. The number of nitrogens with two attached hydrogens (primary N) is 1. The second-order valence-electron chi connectivity index (χ2n) is 5.26. The monoisotopic (exact) mass is 299 g/mol. The summed E-state index contributed by atoms with van der Waals surface area (Å²) in [7, 11) is 0. The van der Waals surface area contributed by atoms with Crippen LogP contribution in [-0.2, 0) is 4.79 Å². The van der Waals surface area contributed by atoms with Gasteiger partial charge in [-0.05, 0) is 31.5 Å². The molecule has 0 aliphatic heterocycles. The van der Waals surface area contributed by atoms with Gasteiger partial charge in [0.25, 0.3) is 5.56 Å². The molecular formula is C17H21N3O2. The zero-order valence-corrected chi connectivity index (χ0v) is 12.9. The molecule has 2 rings (SSSR count). The second-order valence-corrected chi connectivity index (χ2v) is 5.26. The van der Waals surface area contributed by atoms with Crippen molar-refractivity contribution in [2.24, 2.45) is 0 Å². The number of carbonyl (C=O) groups excluding carboxylic acids is 1. The normalized spacial score (nSPS) is 11.9. The summed E-state index contributed by atoms with van der Waals surface area (Å²) in [5, 5.41) is 2.82. The molecule has 1 aromatic heterocycles. The molecule has 0 aliphatic rings. The van der Waals surface area contributed by atoms with E-state index in [9.17, 15) is 9.59 Å². The summed E-state index contributed by atoms with van der Waals surface area (Å²) in [6.45, 7) is 3.81. The van der Waals surface area contributed by atoms with Crippen LogP contribution in [0.3, 0.4) is 0 Å². The summed E-state index contributed by atoms with van der Waals surface area (Å²) in [4.78, 5) is 24.8. The first-order chi connectivity index (χ1) is 10.5. The fourth-order valence-corrected chi connectivity index (χ4v) is 2.48.